The molecule has 1 aliphatic rings. The van der Waals surface area contributed by atoms with Crippen molar-refractivity contribution in [3.05, 3.63) is 65.9 Å². The van der Waals surface area contributed by atoms with Crippen molar-refractivity contribution in [3.8, 4) is 0 Å². The zero-order valence-electron chi connectivity index (χ0n) is 15.8. The number of carbonyl (C=O) groups excluding carboxylic acids is 1. The number of aromatic amines is 1. The van der Waals surface area contributed by atoms with Gasteiger partial charge in [0.2, 0.25) is 5.91 Å². The van der Waals surface area contributed by atoms with E-state index in [-0.39, 0.29) is 18.9 Å². The van der Waals surface area contributed by atoms with Crippen molar-refractivity contribution in [2.45, 2.75) is 19.5 Å². The summed E-state index contributed by atoms with van der Waals surface area (Å²) in [4.78, 5) is 44.7. The summed E-state index contributed by atoms with van der Waals surface area (Å²) < 4.78 is 2.60. The summed E-state index contributed by atoms with van der Waals surface area (Å²) in [6, 6.07) is 11.1. The molecule has 1 saturated heterocycles. The van der Waals surface area contributed by atoms with Gasteiger partial charge in [-0.15, -0.1) is 11.3 Å². The Labute approximate surface area is 179 Å². The number of halogens is 1. The molecule has 1 aliphatic heterocycles. The highest BCUT2D eigenvalue weighted by Gasteiger charge is 2.21. The van der Waals surface area contributed by atoms with Gasteiger partial charge in [0.1, 0.15) is 0 Å². The molecule has 0 spiro atoms. The first kappa shape index (κ1) is 20.1. The highest BCUT2D eigenvalue weighted by molar-refractivity contribution is 9.11. The van der Waals surface area contributed by atoms with Gasteiger partial charge < -0.3 is 4.90 Å². The molecule has 1 N–H and O–H groups in total. The Balaban J connectivity index is 1.36. The lowest BCUT2D eigenvalue weighted by Gasteiger charge is -2.34. The number of hydrogen-bond donors (Lipinski definition) is 1. The summed E-state index contributed by atoms with van der Waals surface area (Å²) in [5, 5.41) is 0.452. The van der Waals surface area contributed by atoms with E-state index in [0.717, 1.165) is 23.4 Å². The number of nitrogens with zero attached hydrogens (tertiary/aromatic N) is 3. The molecular weight excluding hydrogens is 456 g/mol. The average Bonchev–Trinajstić information content (AvgIpc) is 3.13. The Hall–Kier alpha value is -2.23. The van der Waals surface area contributed by atoms with Gasteiger partial charge in [0.15, 0.2) is 0 Å². The summed E-state index contributed by atoms with van der Waals surface area (Å²) in [5.74, 6) is 0.0331. The number of fused-ring (bicyclic) bond motifs is 1. The molecule has 7 nitrogen and oxygen atoms in total. The topological polar surface area (TPSA) is 78.4 Å². The van der Waals surface area contributed by atoms with E-state index in [2.05, 4.69) is 37.9 Å². The molecule has 29 heavy (non-hydrogen) atoms. The number of piperazine rings is 1. The van der Waals surface area contributed by atoms with E-state index in [9.17, 15) is 14.4 Å². The van der Waals surface area contributed by atoms with Gasteiger partial charge in [0.05, 0.1) is 14.7 Å². The maximum atomic E-state index is 12.7. The molecule has 0 radical (unpaired) electrons. The molecule has 4 rings (SSSR count). The first-order valence-corrected chi connectivity index (χ1v) is 11.1. The Morgan fingerprint density at radius 1 is 1.07 bits per heavy atom. The van der Waals surface area contributed by atoms with Crippen LogP contribution in [0.4, 0.5) is 0 Å². The van der Waals surface area contributed by atoms with Crippen LogP contribution in [0.3, 0.4) is 0 Å². The number of rotatable bonds is 5. The van der Waals surface area contributed by atoms with Crippen LogP contribution in [0.5, 0.6) is 0 Å². The molecule has 1 aromatic carbocycles. The third kappa shape index (κ3) is 4.52. The molecule has 1 amide bonds. The van der Waals surface area contributed by atoms with E-state index in [1.54, 1.807) is 35.6 Å². The van der Waals surface area contributed by atoms with Gasteiger partial charge in [-0.05, 0) is 40.2 Å². The van der Waals surface area contributed by atoms with Gasteiger partial charge in [-0.2, -0.15) is 0 Å². The zero-order valence-corrected chi connectivity index (χ0v) is 18.2. The van der Waals surface area contributed by atoms with Crippen LogP contribution in [0.15, 0.2) is 49.8 Å². The van der Waals surface area contributed by atoms with Gasteiger partial charge in [-0.25, -0.2) is 4.79 Å². The monoisotopic (exact) mass is 476 g/mol. The molecule has 9 heteroatoms. The fourth-order valence-corrected chi connectivity index (χ4v) is 5.17. The predicted octanol–water partition coefficient (Wildman–Crippen LogP) is 2.25. The fraction of sp³-hybridized carbons (Fsp3) is 0.350. The van der Waals surface area contributed by atoms with Crippen LogP contribution < -0.4 is 11.2 Å². The second-order valence-corrected chi connectivity index (χ2v) is 9.59. The van der Waals surface area contributed by atoms with E-state index in [0.29, 0.717) is 24.0 Å². The standard InChI is InChI=1S/C20H21BrN4O3S/c21-17-6-5-14(29-17)13-23-9-11-24(12-10-23)18(26)7-8-25-16-4-2-1-3-15(16)19(27)22-20(25)28/h1-6H,7-13H2,(H,22,27,28). The number of carbonyl (C=O) groups is 1. The van der Waals surface area contributed by atoms with Gasteiger partial charge in [-0.3, -0.25) is 24.0 Å². The highest BCUT2D eigenvalue weighted by atomic mass is 79.9. The van der Waals surface area contributed by atoms with Gasteiger partial charge in [-0.1, -0.05) is 12.1 Å². The molecule has 2 aromatic heterocycles. The van der Waals surface area contributed by atoms with Crippen molar-refractivity contribution in [2.24, 2.45) is 0 Å². The van der Waals surface area contributed by atoms with E-state index >= 15 is 0 Å². The molecule has 0 bridgehead atoms. The molecule has 0 unspecified atom stereocenters. The van der Waals surface area contributed by atoms with Crippen molar-refractivity contribution in [1.82, 2.24) is 19.4 Å². The lowest BCUT2D eigenvalue weighted by atomic mass is 10.2. The SMILES string of the molecule is O=C(CCn1c(=O)[nH]c(=O)c2ccccc21)N1CCN(Cc2ccc(Br)s2)CC1. The van der Waals surface area contributed by atoms with Crippen LogP contribution in [0.1, 0.15) is 11.3 Å². The number of aromatic nitrogens is 2. The number of amides is 1. The smallest absolute Gasteiger partial charge is 0.328 e. The second-order valence-electron chi connectivity index (χ2n) is 7.04. The lowest BCUT2D eigenvalue weighted by Crippen LogP contribution is -2.48. The third-order valence-electron chi connectivity index (χ3n) is 5.19. The lowest BCUT2D eigenvalue weighted by molar-refractivity contribution is -0.133. The summed E-state index contributed by atoms with van der Waals surface area (Å²) in [7, 11) is 0. The van der Waals surface area contributed by atoms with Crippen molar-refractivity contribution in [3.63, 3.8) is 0 Å². The normalized spacial score (nSPS) is 15.1. The van der Waals surface area contributed by atoms with Crippen LogP contribution in [-0.2, 0) is 17.9 Å². The first-order valence-electron chi connectivity index (χ1n) is 9.47. The second kappa shape index (κ2) is 8.64. The van der Waals surface area contributed by atoms with Crippen LogP contribution in [0.2, 0.25) is 0 Å². The third-order valence-corrected chi connectivity index (χ3v) is 6.80. The Kier molecular flexibility index (Phi) is 5.98. The van der Waals surface area contributed by atoms with Crippen molar-refractivity contribution in [1.29, 1.82) is 0 Å². The molecule has 3 aromatic rings. The average molecular weight is 477 g/mol. The van der Waals surface area contributed by atoms with Crippen LogP contribution in [0.25, 0.3) is 10.9 Å². The largest absolute Gasteiger partial charge is 0.340 e. The Morgan fingerprint density at radius 3 is 2.55 bits per heavy atom. The van der Waals surface area contributed by atoms with E-state index in [1.807, 2.05) is 4.90 Å². The van der Waals surface area contributed by atoms with Crippen LogP contribution in [-0.4, -0.2) is 51.4 Å². The summed E-state index contributed by atoms with van der Waals surface area (Å²) in [6.07, 6.45) is 0.230. The van der Waals surface area contributed by atoms with Crippen molar-refractivity contribution in [2.75, 3.05) is 26.2 Å². The van der Waals surface area contributed by atoms with E-state index in [1.165, 1.54) is 9.44 Å². The van der Waals surface area contributed by atoms with Gasteiger partial charge in [0, 0.05) is 50.6 Å². The van der Waals surface area contributed by atoms with Gasteiger partial charge >= 0.3 is 5.69 Å². The Morgan fingerprint density at radius 2 is 1.83 bits per heavy atom. The zero-order chi connectivity index (χ0) is 20.4. The maximum Gasteiger partial charge on any atom is 0.328 e. The molecule has 0 atom stereocenters. The molecule has 1 fully saturated rings. The van der Waals surface area contributed by atoms with Crippen LogP contribution >= 0.6 is 27.3 Å². The minimum Gasteiger partial charge on any atom is -0.340 e. The van der Waals surface area contributed by atoms with E-state index < -0.39 is 11.2 Å². The minimum absolute atomic E-state index is 0.0331. The number of para-hydroxylation sites is 1. The number of thiophene rings is 1. The van der Waals surface area contributed by atoms with Crippen LogP contribution in [0, 0.1) is 0 Å². The summed E-state index contributed by atoms with van der Waals surface area (Å²) in [6.45, 7) is 4.19. The molecule has 3 heterocycles. The summed E-state index contributed by atoms with van der Waals surface area (Å²) in [5.41, 5.74) is -0.323. The van der Waals surface area contributed by atoms with E-state index in [4.69, 9.17) is 0 Å². The van der Waals surface area contributed by atoms with Crippen molar-refractivity contribution < 1.29 is 4.79 Å². The first-order chi connectivity index (χ1) is 14.0. The molecule has 0 aliphatic carbocycles. The summed E-state index contributed by atoms with van der Waals surface area (Å²) >= 11 is 5.22. The highest BCUT2D eigenvalue weighted by Crippen LogP contribution is 2.23. The molecular formula is C20H21BrN4O3S. The predicted molar refractivity (Wildman–Crippen MR) is 117 cm³/mol. The Bertz CT molecular complexity index is 1140. The number of benzene rings is 1. The molecule has 0 saturated carbocycles. The quantitative estimate of drug-likeness (QED) is 0.612. The number of aryl methyl sites for hydroxylation is 1. The number of hydrogen-bond acceptors (Lipinski definition) is 5. The number of H-pyrrole nitrogens is 1. The molecule has 152 valence electrons. The number of nitrogens with one attached hydrogen (secondary N) is 1. The maximum absolute atomic E-state index is 12.7. The van der Waals surface area contributed by atoms with Crippen molar-refractivity contribution >= 4 is 44.1 Å². The minimum atomic E-state index is -0.478. The van der Waals surface area contributed by atoms with Gasteiger partial charge in [0.25, 0.3) is 5.56 Å². The fourth-order valence-electron chi connectivity index (χ4n) is 3.64.